The number of aliphatic hydroxyl groups is 1. The molecule has 0 radical (unpaired) electrons. The van der Waals surface area contributed by atoms with Crippen LogP contribution in [-0.2, 0) is 9.53 Å². The van der Waals surface area contributed by atoms with E-state index >= 15 is 0 Å². The third kappa shape index (κ3) is 4.07. The Kier molecular flexibility index (Phi) is 4.90. The molecule has 0 atom stereocenters. The van der Waals surface area contributed by atoms with Gasteiger partial charge in [-0.2, -0.15) is 0 Å². The first kappa shape index (κ1) is 11.5. The molecular weight excluding hydrogens is 182 g/mol. The quantitative estimate of drug-likeness (QED) is 0.669. The molecule has 4 nitrogen and oxygen atoms in total. The summed E-state index contributed by atoms with van der Waals surface area (Å²) in [5, 5.41) is 9.27. The van der Waals surface area contributed by atoms with Crippen molar-refractivity contribution < 1.29 is 14.6 Å². The summed E-state index contributed by atoms with van der Waals surface area (Å²) >= 11 is 0. The van der Waals surface area contributed by atoms with Gasteiger partial charge in [-0.1, -0.05) is 0 Å². The Balaban J connectivity index is 2.09. The van der Waals surface area contributed by atoms with Crippen molar-refractivity contribution in [3.05, 3.63) is 0 Å². The van der Waals surface area contributed by atoms with Gasteiger partial charge in [0, 0.05) is 19.6 Å². The summed E-state index contributed by atoms with van der Waals surface area (Å²) in [5.74, 6) is -0.126. The van der Waals surface area contributed by atoms with Crippen LogP contribution in [0.3, 0.4) is 0 Å². The molecule has 1 fully saturated rings. The van der Waals surface area contributed by atoms with Crippen LogP contribution in [0.2, 0.25) is 0 Å². The van der Waals surface area contributed by atoms with Crippen LogP contribution < -0.4 is 0 Å². The van der Waals surface area contributed by atoms with Crippen LogP contribution in [0.5, 0.6) is 0 Å². The zero-order valence-corrected chi connectivity index (χ0v) is 8.74. The predicted molar refractivity (Wildman–Crippen MR) is 52.9 cm³/mol. The van der Waals surface area contributed by atoms with E-state index in [4.69, 9.17) is 4.74 Å². The Morgan fingerprint density at radius 1 is 1.50 bits per heavy atom. The molecular formula is C10H19NO3. The van der Waals surface area contributed by atoms with Crippen molar-refractivity contribution in [1.82, 2.24) is 4.90 Å². The first-order chi connectivity index (χ1) is 6.72. The molecule has 0 aromatic carbocycles. The van der Waals surface area contributed by atoms with Gasteiger partial charge in [-0.15, -0.1) is 0 Å². The topological polar surface area (TPSA) is 49.8 Å². The molecule has 0 aromatic rings. The number of ether oxygens (including phenoxy) is 1. The smallest absolute Gasteiger partial charge is 0.307 e. The zero-order valence-electron chi connectivity index (χ0n) is 8.74. The highest BCUT2D eigenvalue weighted by Gasteiger charge is 2.17. The molecule has 1 heterocycles. The van der Waals surface area contributed by atoms with Gasteiger partial charge in [0.1, 0.15) is 0 Å². The molecule has 1 aliphatic rings. The molecule has 0 aliphatic carbocycles. The summed E-state index contributed by atoms with van der Waals surface area (Å²) in [5.41, 5.74) is 0. The number of piperidine rings is 1. The number of likely N-dealkylation sites (tertiary alicyclic amines) is 1. The minimum Gasteiger partial charge on any atom is -0.466 e. The fourth-order valence-corrected chi connectivity index (χ4v) is 1.63. The molecule has 4 heteroatoms. The lowest BCUT2D eigenvalue weighted by atomic mass is 10.1. The van der Waals surface area contributed by atoms with Crippen LogP contribution in [-0.4, -0.2) is 48.3 Å². The Morgan fingerprint density at radius 3 is 2.71 bits per heavy atom. The second-order valence-electron chi connectivity index (χ2n) is 3.63. The summed E-state index contributed by atoms with van der Waals surface area (Å²) in [4.78, 5) is 13.2. The monoisotopic (exact) mass is 201 g/mol. The predicted octanol–water partition coefficient (Wildman–Crippen LogP) is 0.396. The Bertz CT molecular complexity index is 176. The molecule has 82 valence electrons. The highest BCUT2D eigenvalue weighted by atomic mass is 16.5. The van der Waals surface area contributed by atoms with E-state index in [1.807, 2.05) is 6.92 Å². The first-order valence-corrected chi connectivity index (χ1v) is 5.28. The van der Waals surface area contributed by atoms with Crippen molar-refractivity contribution in [1.29, 1.82) is 0 Å². The normalized spacial score (nSPS) is 19.6. The van der Waals surface area contributed by atoms with E-state index in [1.54, 1.807) is 0 Å². The minimum absolute atomic E-state index is 0.126. The lowest BCUT2D eigenvalue weighted by Crippen LogP contribution is -2.37. The summed E-state index contributed by atoms with van der Waals surface area (Å²) in [7, 11) is 0. The molecule has 1 aliphatic heterocycles. The van der Waals surface area contributed by atoms with Crippen molar-refractivity contribution in [2.75, 3.05) is 26.2 Å². The van der Waals surface area contributed by atoms with Crippen LogP contribution in [0.4, 0.5) is 0 Å². The fraction of sp³-hybridized carbons (Fsp3) is 0.900. The standard InChI is InChI=1S/C10H19NO3/c1-2-14-10(13)5-8-11-6-3-9(12)4-7-11/h9,12H,2-8H2,1H3. The SMILES string of the molecule is CCOC(=O)CCN1CCC(O)CC1. The van der Waals surface area contributed by atoms with E-state index in [2.05, 4.69) is 4.90 Å². The van der Waals surface area contributed by atoms with Gasteiger partial charge in [0.15, 0.2) is 0 Å². The fourth-order valence-electron chi connectivity index (χ4n) is 1.63. The van der Waals surface area contributed by atoms with Crippen molar-refractivity contribution >= 4 is 5.97 Å². The lowest BCUT2D eigenvalue weighted by Gasteiger charge is -2.28. The molecule has 0 bridgehead atoms. The molecule has 1 saturated heterocycles. The van der Waals surface area contributed by atoms with Gasteiger partial charge in [0.2, 0.25) is 0 Å². The minimum atomic E-state index is -0.145. The highest BCUT2D eigenvalue weighted by Crippen LogP contribution is 2.09. The van der Waals surface area contributed by atoms with Crippen LogP contribution >= 0.6 is 0 Å². The first-order valence-electron chi connectivity index (χ1n) is 5.28. The van der Waals surface area contributed by atoms with Gasteiger partial charge in [0.25, 0.3) is 0 Å². The van der Waals surface area contributed by atoms with E-state index < -0.39 is 0 Å². The van der Waals surface area contributed by atoms with Crippen molar-refractivity contribution in [3.8, 4) is 0 Å². The largest absolute Gasteiger partial charge is 0.466 e. The Labute approximate surface area is 84.8 Å². The van der Waals surface area contributed by atoms with E-state index in [9.17, 15) is 9.90 Å². The van der Waals surface area contributed by atoms with Gasteiger partial charge in [0.05, 0.1) is 19.1 Å². The van der Waals surface area contributed by atoms with Crippen LogP contribution in [0, 0.1) is 0 Å². The molecule has 0 amide bonds. The third-order valence-electron chi connectivity index (χ3n) is 2.49. The number of carbonyl (C=O) groups is 1. The van der Waals surface area contributed by atoms with E-state index in [0.717, 1.165) is 32.5 Å². The van der Waals surface area contributed by atoms with E-state index in [1.165, 1.54) is 0 Å². The second kappa shape index (κ2) is 5.98. The third-order valence-corrected chi connectivity index (χ3v) is 2.49. The summed E-state index contributed by atoms with van der Waals surface area (Å²) in [6.07, 6.45) is 1.96. The molecule has 1 rings (SSSR count). The van der Waals surface area contributed by atoms with Gasteiger partial charge in [-0.25, -0.2) is 0 Å². The van der Waals surface area contributed by atoms with Crippen molar-refractivity contribution in [3.63, 3.8) is 0 Å². The number of nitrogens with zero attached hydrogens (tertiary/aromatic N) is 1. The number of hydrogen-bond acceptors (Lipinski definition) is 4. The van der Waals surface area contributed by atoms with Gasteiger partial charge in [-0.05, 0) is 19.8 Å². The summed E-state index contributed by atoms with van der Waals surface area (Å²) in [6.45, 7) is 4.80. The average molecular weight is 201 g/mol. The maximum Gasteiger partial charge on any atom is 0.307 e. The maximum absolute atomic E-state index is 11.1. The number of hydrogen-bond donors (Lipinski definition) is 1. The maximum atomic E-state index is 11.1. The number of rotatable bonds is 4. The molecule has 0 saturated carbocycles. The van der Waals surface area contributed by atoms with Crippen LogP contribution in [0.15, 0.2) is 0 Å². The van der Waals surface area contributed by atoms with Crippen molar-refractivity contribution in [2.24, 2.45) is 0 Å². The molecule has 14 heavy (non-hydrogen) atoms. The van der Waals surface area contributed by atoms with Crippen LogP contribution in [0.25, 0.3) is 0 Å². The summed E-state index contributed by atoms with van der Waals surface area (Å²) < 4.78 is 4.84. The highest BCUT2D eigenvalue weighted by molar-refractivity contribution is 5.69. The van der Waals surface area contributed by atoms with E-state index in [0.29, 0.717) is 13.0 Å². The molecule has 1 N–H and O–H groups in total. The van der Waals surface area contributed by atoms with Gasteiger partial charge in [-0.3, -0.25) is 4.79 Å². The Morgan fingerprint density at radius 2 is 2.14 bits per heavy atom. The number of carbonyl (C=O) groups excluding carboxylic acids is 1. The van der Waals surface area contributed by atoms with Gasteiger partial charge < -0.3 is 14.7 Å². The number of aliphatic hydroxyl groups excluding tert-OH is 1. The molecule has 0 spiro atoms. The van der Waals surface area contributed by atoms with Gasteiger partial charge >= 0.3 is 5.97 Å². The average Bonchev–Trinajstić information content (AvgIpc) is 2.17. The molecule has 0 unspecified atom stereocenters. The van der Waals surface area contributed by atoms with E-state index in [-0.39, 0.29) is 12.1 Å². The van der Waals surface area contributed by atoms with Crippen molar-refractivity contribution in [2.45, 2.75) is 32.3 Å². The molecule has 0 aromatic heterocycles. The second-order valence-corrected chi connectivity index (χ2v) is 3.63. The Hall–Kier alpha value is -0.610. The lowest BCUT2D eigenvalue weighted by molar-refractivity contribution is -0.143. The number of esters is 1. The van der Waals surface area contributed by atoms with Crippen LogP contribution in [0.1, 0.15) is 26.2 Å². The zero-order chi connectivity index (χ0) is 10.4. The summed E-state index contributed by atoms with van der Waals surface area (Å²) in [6, 6.07) is 0.